The Bertz CT molecular complexity index is 1430. The minimum Gasteiger partial charge on any atom is -0.382 e. The fraction of sp³-hybridized carbons (Fsp3) is 0.333. The lowest BCUT2D eigenvalue weighted by Gasteiger charge is -2.38. The van der Waals surface area contributed by atoms with Crippen LogP contribution in [0.4, 0.5) is 17.1 Å². The predicted molar refractivity (Wildman–Crippen MR) is 144 cm³/mol. The fourth-order valence-corrected chi connectivity index (χ4v) is 6.21. The summed E-state index contributed by atoms with van der Waals surface area (Å²) in [5, 5.41) is 9.21. The highest BCUT2D eigenvalue weighted by atomic mass is 16.5. The molecule has 0 bridgehead atoms. The van der Waals surface area contributed by atoms with Gasteiger partial charge < -0.3 is 19.6 Å². The van der Waals surface area contributed by atoms with Crippen LogP contribution in [0.25, 0.3) is 22.2 Å². The van der Waals surface area contributed by atoms with Crippen LogP contribution in [-0.2, 0) is 0 Å². The van der Waals surface area contributed by atoms with Crippen molar-refractivity contribution in [2.24, 2.45) is 0 Å². The number of fused-ring (bicyclic) bond motifs is 2. The SMILES string of the molecule is O=C1c2ccccc2-c2onc3c(N4CCN(c5ccccc5)CC4)cc(NC4CCCCC4)c1c23. The highest BCUT2D eigenvalue weighted by molar-refractivity contribution is 6.28. The van der Waals surface area contributed by atoms with Crippen molar-refractivity contribution >= 4 is 33.7 Å². The minimum absolute atomic E-state index is 0.0602. The number of ketones is 1. The van der Waals surface area contributed by atoms with Crippen molar-refractivity contribution in [2.75, 3.05) is 41.3 Å². The van der Waals surface area contributed by atoms with E-state index in [-0.39, 0.29) is 5.78 Å². The number of carbonyl (C=O) groups excluding carboxylic acids is 1. The van der Waals surface area contributed by atoms with Crippen LogP contribution in [0.2, 0.25) is 0 Å². The van der Waals surface area contributed by atoms with Gasteiger partial charge in [0.05, 0.1) is 16.6 Å². The van der Waals surface area contributed by atoms with Gasteiger partial charge in [-0.2, -0.15) is 0 Å². The molecule has 3 aromatic carbocycles. The molecule has 0 radical (unpaired) electrons. The Balaban J connectivity index is 1.31. The highest BCUT2D eigenvalue weighted by Gasteiger charge is 2.34. The summed E-state index contributed by atoms with van der Waals surface area (Å²) in [6.07, 6.45) is 6.05. The second-order valence-corrected chi connectivity index (χ2v) is 10.2. The van der Waals surface area contributed by atoms with Crippen molar-refractivity contribution in [3.63, 3.8) is 0 Å². The molecule has 0 amide bonds. The quantitative estimate of drug-likeness (QED) is 0.336. The predicted octanol–water partition coefficient (Wildman–Crippen LogP) is 6.11. The molecule has 3 aliphatic rings. The van der Waals surface area contributed by atoms with Gasteiger partial charge in [-0.25, -0.2) is 0 Å². The van der Waals surface area contributed by atoms with E-state index in [1.165, 1.54) is 24.9 Å². The number of aromatic nitrogens is 1. The number of para-hydroxylation sites is 1. The molecule has 6 nitrogen and oxygen atoms in total. The summed E-state index contributed by atoms with van der Waals surface area (Å²) in [7, 11) is 0. The van der Waals surface area contributed by atoms with Gasteiger partial charge in [-0.15, -0.1) is 0 Å². The lowest BCUT2D eigenvalue weighted by molar-refractivity contribution is 0.104. The molecule has 0 unspecified atom stereocenters. The van der Waals surface area contributed by atoms with Gasteiger partial charge in [-0.05, 0) is 31.0 Å². The van der Waals surface area contributed by atoms with Crippen molar-refractivity contribution in [2.45, 2.75) is 38.1 Å². The van der Waals surface area contributed by atoms with E-state index >= 15 is 0 Å². The third-order valence-electron chi connectivity index (χ3n) is 8.08. The zero-order chi connectivity index (χ0) is 24.1. The van der Waals surface area contributed by atoms with Crippen LogP contribution in [0.1, 0.15) is 48.0 Å². The van der Waals surface area contributed by atoms with Crippen LogP contribution < -0.4 is 15.1 Å². The maximum Gasteiger partial charge on any atom is 0.196 e. The largest absolute Gasteiger partial charge is 0.382 e. The smallest absolute Gasteiger partial charge is 0.196 e. The van der Waals surface area contributed by atoms with E-state index in [0.717, 1.165) is 72.4 Å². The summed E-state index contributed by atoms with van der Waals surface area (Å²) >= 11 is 0. The van der Waals surface area contributed by atoms with Gasteiger partial charge in [0, 0.05) is 54.7 Å². The lowest BCUT2D eigenvalue weighted by Crippen LogP contribution is -2.46. The molecule has 1 saturated heterocycles. The Labute approximate surface area is 210 Å². The van der Waals surface area contributed by atoms with Gasteiger partial charge in [-0.1, -0.05) is 66.9 Å². The molecule has 7 rings (SSSR count). The maximum absolute atomic E-state index is 13.8. The van der Waals surface area contributed by atoms with Gasteiger partial charge in [0.25, 0.3) is 0 Å². The van der Waals surface area contributed by atoms with E-state index < -0.39 is 0 Å². The van der Waals surface area contributed by atoms with Crippen molar-refractivity contribution in [3.05, 3.63) is 71.8 Å². The van der Waals surface area contributed by atoms with E-state index in [1.54, 1.807) is 0 Å². The molecule has 1 saturated carbocycles. The van der Waals surface area contributed by atoms with E-state index in [0.29, 0.717) is 17.4 Å². The summed E-state index contributed by atoms with van der Waals surface area (Å²) in [6, 6.07) is 20.9. The van der Waals surface area contributed by atoms with Crippen molar-refractivity contribution in [1.29, 1.82) is 0 Å². The van der Waals surface area contributed by atoms with E-state index in [9.17, 15) is 4.79 Å². The summed E-state index contributed by atoms with van der Waals surface area (Å²) in [5.74, 6) is 0.775. The topological polar surface area (TPSA) is 61.6 Å². The lowest BCUT2D eigenvalue weighted by atomic mass is 9.85. The second kappa shape index (κ2) is 8.70. The standard InChI is InChI=1S/C30H30N4O2/c35-29-22-13-7-8-14-23(22)30-27-26(29)24(31-20-9-3-1-4-10-20)19-25(28(27)32-36-30)34-17-15-33(16-18-34)21-11-5-2-6-12-21/h2,5-8,11-14,19-20,31H,1,3-4,9-10,15-18H2. The molecule has 2 heterocycles. The number of carbonyl (C=O) groups is 1. The summed E-state index contributed by atoms with van der Waals surface area (Å²) in [6.45, 7) is 3.65. The van der Waals surface area contributed by atoms with E-state index in [4.69, 9.17) is 4.52 Å². The van der Waals surface area contributed by atoms with Crippen LogP contribution in [-0.4, -0.2) is 43.2 Å². The van der Waals surface area contributed by atoms with E-state index in [1.807, 2.05) is 24.3 Å². The van der Waals surface area contributed by atoms with Gasteiger partial charge in [0.15, 0.2) is 11.5 Å². The maximum atomic E-state index is 13.8. The first-order valence-electron chi connectivity index (χ1n) is 13.2. The molecule has 1 aromatic heterocycles. The zero-order valence-corrected chi connectivity index (χ0v) is 20.4. The Hall–Kier alpha value is -3.80. The number of piperazine rings is 1. The average molecular weight is 479 g/mol. The summed E-state index contributed by atoms with van der Waals surface area (Å²) in [4.78, 5) is 18.6. The number of hydrogen-bond acceptors (Lipinski definition) is 6. The van der Waals surface area contributed by atoms with Crippen molar-refractivity contribution in [1.82, 2.24) is 5.16 Å². The number of benzene rings is 3. The van der Waals surface area contributed by atoms with Gasteiger partial charge in [0.1, 0.15) is 5.52 Å². The average Bonchev–Trinajstić information content (AvgIpc) is 3.38. The highest BCUT2D eigenvalue weighted by Crippen LogP contribution is 2.46. The van der Waals surface area contributed by atoms with Crippen molar-refractivity contribution in [3.8, 4) is 11.3 Å². The minimum atomic E-state index is 0.0602. The van der Waals surface area contributed by atoms with Gasteiger partial charge >= 0.3 is 0 Å². The first kappa shape index (κ1) is 21.5. The molecule has 0 atom stereocenters. The Kier molecular flexibility index (Phi) is 5.19. The molecule has 182 valence electrons. The molecular weight excluding hydrogens is 448 g/mol. The van der Waals surface area contributed by atoms with Gasteiger partial charge in [0.2, 0.25) is 0 Å². The molecule has 4 aromatic rings. The Morgan fingerprint density at radius 1 is 0.833 bits per heavy atom. The second-order valence-electron chi connectivity index (χ2n) is 10.2. The molecule has 36 heavy (non-hydrogen) atoms. The monoisotopic (exact) mass is 478 g/mol. The number of nitrogens with zero attached hydrogens (tertiary/aromatic N) is 3. The zero-order valence-electron chi connectivity index (χ0n) is 20.4. The molecule has 6 heteroatoms. The summed E-state index contributed by atoms with van der Waals surface area (Å²) in [5.41, 5.74) is 6.30. The number of nitrogens with one attached hydrogen (secondary N) is 1. The molecular formula is C30H30N4O2. The normalized spacial score (nSPS) is 17.9. The molecule has 0 spiro atoms. The molecule has 2 aliphatic carbocycles. The molecule has 1 aliphatic heterocycles. The first-order chi connectivity index (χ1) is 17.8. The van der Waals surface area contributed by atoms with Crippen LogP contribution >= 0.6 is 0 Å². The Morgan fingerprint density at radius 3 is 2.31 bits per heavy atom. The van der Waals surface area contributed by atoms with Gasteiger partial charge in [-0.3, -0.25) is 4.79 Å². The van der Waals surface area contributed by atoms with Crippen LogP contribution in [0.15, 0.2) is 65.2 Å². The summed E-state index contributed by atoms with van der Waals surface area (Å²) < 4.78 is 5.97. The van der Waals surface area contributed by atoms with E-state index in [2.05, 4.69) is 56.7 Å². The van der Waals surface area contributed by atoms with Crippen LogP contribution in [0, 0.1) is 0 Å². The Morgan fingerprint density at radius 2 is 1.53 bits per heavy atom. The molecule has 2 fully saturated rings. The first-order valence-corrected chi connectivity index (χ1v) is 13.2. The number of rotatable bonds is 4. The number of anilines is 3. The number of hydrogen-bond donors (Lipinski definition) is 1. The third-order valence-corrected chi connectivity index (χ3v) is 8.08. The van der Waals surface area contributed by atoms with Crippen LogP contribution in [0.3, 0.4) is 0 Å². The molecule has 1 N–H and O–H groups in total. The third kappa shape index (κ3) is 3.47. The van der Waals surface area contributed by atoms with Crippen LogP contribution in [0.5, 0.6) is 0 Å². The fourth-order valence-electron chi connectivity index (χ4n) is 6.21. The van der Waals surface area contributed by atoms with Crippen molar-refractivity contribution < 1.29 is 9.32 Å².